The second kappa shape index (κ2) is 14.5. The summed E-state index contributed by atoms with van der Waals surface area (Å²) in [6, 6.07) is 6.94. The first-order valence-electron chi connectivity index (χ1n) is 13.8. The van der Waals surface area contributed by atoms with E-state index in [0.717, 1.165) is 11.1 Å². The van der Waals surface area contributed by atoms with Gasteiger partial charge in [0.1, 0.15) is 11.6 Å². The van der Waals surface area contributed by atoms with Crippen LogP contribution >= 0.6 is 17.0 Å². The first-order valence-corrected chi connectivity index (χ1v) is 13.8. The van der Waals surface area contributed by atoms with Crippen molar-refractivity contribution in [2.24, 2.45) is 0 Å². The van der Waals surface area contributed by atoms with Gasteiger partial charge >= 0.3 is 0 Å². The van der Waals surface area contributed by atoms with E-state index >= 15 is 0 Å². The Labute approximate surface area is 259 Å². The second-order valence-electron chi connectivity index (χ2n) is 11.2. The van der Waals surface area contributed by atoms with Gasteiger partial charge in [-0.25, -0.2) is 0 Å². The number of hydrogen-bond donors (Lipinski definition) is 2. The van der Waals surface area contributed by atoms with Crippen molar-refractivity contribution in [3.63, 3.8) is 0 Å². The minimum absolute atomic E-state index is 0. The van der Waals surface area contributed by atoms with Crippen LogP contribution in [0.1, 0.15) is 77.9 Å². The lowest BCUT2D eigenvalue weighted by molar-refractivity contribution is -0.128. The highest BCUT2D eigenvalue weighted by molar-refractivity contribution is 8.93. The molecule has 0 aliphatic carbocycles. The zero-order chi connectivity index (χ0) is 30.5. The topological polar surface area (TPSA) is 121 Å². The monoisotopic (exact) mass is 646 g/mol. The molecule has 42 heavy (non-hydrogen) atoms. The number of carbonyl (C=O) groups excluding carboxylic acids is 3. The molecule has 0 aromatic heterocycles. The first kappa shape index (κ1) is 34.6. The van der Waals surface area contributed by atoms with Gasteiger partial charge in [0.15, 0.2) is 17.3 Å². The van der Waals surface area contributed by atoms with Crippen LogP contribution in [0, 0.1) is 5.41 Å². The summed E-state index contributed by atoms with van der Waals surface area (Å²) in [5, 5.41) is 11.4. The summed E-state index contributed by atoms with van der Waals surface area (Å²) < 4.78 is 17.5. The third-order valence-electron chi connectivity index (χ3n) is 6.92. The Balaban J connectivity index is 0.00000616. The molecule has 0 atom stereocenters. The third kappa shape index (κ3) is 7.81. The number of benzene rings is 2. The third-order valence-corrected chi connectivity index (χ3v) is 6.92. The lowest BCUT2D eigenvalue weighted by Gasteiger charge is -2.25. The van der Waals surface area contributed by atoms with Gasteiger partial charge < -0.3 is 29.3 Å². The molecule has 10 nitrogen and oxygen atoms in total. The normalized spacial score (nSPS) is 12.3. The van der Waals surface area contributed by atoms with Crippen LogP contribution in [0.5, 0.6) is 17.2 Å². The van der Waals surface area contributed by atoms with Crippen LogP contribution in [0.2, 0.25) is 0 Å². The van der Waals surface area contributed by atoms with Crippen molar-refractivity contribution >= 4 is 40.4 Å². The number of fused-ring (bicyclic) bond motifs is 1. The molecule has 11 heteroatoms. The van der Waals surface area contributed by atoms with Crippen LogP contribution < -0.4 is 19.5 Å². The lowest BCUT2D eigenvalue weighted by atomic mass is 9.84. The number of ketones is 1. The maximum Gasteiger partial charge on any atom is 0.254 e. The number of carbonyl (C=O) groups is 3. The van der Waals surface area contributed by atoms with E-state index in [-0.39, 0.29) is 52.4 Å². The zero-order valence-corrected chi connectivity index (χ0v) is 27.5. The molecule has 0 spiro atoms. The van der Waals surface area contributed by atoms with Crippen molar-refractivity contribution < 1.29 is 28.6 Å². The minimum Gasteiger partial charge on any atom is -0.493 e. The van der Waals surface area contributed by atoms with Gasteiger partial charge in [-0.1, -0.05) is 20.8 Å². The maximum absolute atomic E-state index is 13.6. The number of hydrogen-bond acceptors (Lipinski definition) is 7. The van der Waals surface area contributed by atoms with E-state index in [2.05, 4.69) is 5.32 Å². The average molecular weight is 648 g/mol. The molecule has 3 rings (SSSR count). The van der Waals surface area contributed by atoms with Crippen LogP contribution in [0.3, 0.4) is 0 Å². The van der Waals surface area contributed by atoms with Gasteiger partial charge in [-0.15, -0.1) is 17.0 Å². The fourth-order valence-electron chi connectivity index (χ4n) is 4.68. The fourth-order valence-corrected chi connectivity index (χ4v) is 4.68. The minimum atomic E-state index is -0.344. The van der Waals surface area contributed by atoms with Gasteiger partial charge in [0, 0.05) is 50.8 Å². The summed E-state index contributed by atoms with van der Waals surface area (Å²) in [4.78, 5) is 41.3. The van der Waals surface area contributed by atoms with Crippen molar-refractivity contribution in [2.75, 3.05) is 48.0 Å². The molecule has 0 saturated carbocycles. The summed E-state index contributed by atoms with van der Waals surface area (Å²) in [6.07, 6.45) is 0.874. The number of ether oxygens (including phenoxy) is 3. The lowest BCUT2D eigenvalue weighted by Crippen LogP contribution is -2.30. The quantitative estimate of drug-likeness (QED) is 0.255. The van der Waals surface area contributed by atoms with Crippen molar-refractivity contribution in [1.82, 2.24) is 15.1 Å². The molecule has 0 unspecified atom stereocenters. The molecule has 0 saturated heterocycles. The van der Waals surface area contributed by atoms with Gasteiger partial charge in [0.05, 0.1) is 32.4 Å². The molecule has 2 N–H and O–H groups in total. The molecule has 2 aromatic carbocycles. The Morgan fingerprint density at radius 1 is 1.07 bits per heavy atom. The number of amidine groups is 1. The summed E-state index contributed by atoms with van der Waals surface area (Å²) in [6.45, 7) is 8.95. The number of Topliss-reactive ketones (excluding diaryl/α,β-unsaturated/α-hetero) is 1. The highest BCUT2D eigenvalue weighted by Gasteiger charge is 2.31. The zero-order valence-electron chi connectivity index (χ0n) is 25.8. The number of nitrogens with zero attached hydrogens (tertiary/aromatic N) is 2. The molecule has 0 bridgehead atoms. The smallest absolute Gasteiger partial charge is 0.254 e. The molecule has 1 aliphatic rings. The van der Waals surface area contributed by atoms with Crippen LogP contribution in [-0.2, 0) is 16.8 Å². The highest BCUT2D eigenvalue weighted by atomic mass is 79.9. The van der Waals surface area contributed by atoms with E-state index in [4.69, 9.17) is 19.6 Å². The van der Waals surface area contributed by atoms with Gasteiger partial charge in [-0.3, -0.25) is 19.8 Å². The Hall–Kier alpha value is -3.60. The molecule has 0 radical (unpaired) electrons. The summed E-state index contributed by atoms with van der Waals surface area (Å²) in [5.41, 5.74) is 2.69. The van der Waals surface area contributed by atoms with Crippen LogP contribution in [-0.4, -0.2) is 81.2 Å². The Morgan fingerprint density at radius 3 is 2.33 bits per heavy atom. The predicted octanol–water partition coefficient (Wildman–Crippen LogP) is 4.60. The second-order valence-corrected chi connectivity index (χ2v) is 11.2. The first-order chi connectivity index (χ1) is 19.3. The highest BCUT2D eigenvalue weighted by Crippen LogP contribution is 2.40. The fraction of sp³-hybridized carbons (Fsp3) is 0.484. The van der Waals surface area contributed by atoms with Crippen LogP contribution in [0.4, 0.5) is 0 Å². The van der Waals surface area contributed by atoms with E-state index in [1.54, 1.807) is 56.3 Å². The molecule has 2 aromatic rings. The summed E-state index contributed by atoms with van der Waals surface area (Å²) in [5.74, 6) is 1.16. The van der Waals surface area contributed by atoms with Gasteiger partial charge in [-0.05, 0) is 48.6 Å². The molecule has 230 valence electrons. The standard InChI is InChI=1S/C31H42N4O6.BrH/c1-9-40-25-15-20-17-35(29(32)21(20)16-22(25)30(38)33-5)18-24(36)19-13-23(31(2,3)4)28(39-8)26(14-19)41-12-10-11-27(37)34(6)7;/h13-16,32H,9-12,17-18H2,1-8H3,(H,33,38);1H. The molecule has 1 heterocycles. The van der Waals surface area contributed by atoms with Gasteiger partial charge in [0.2, 0.25) is 5.91 Å². The van der Waals surface area contributed by atoms with Crippen molar-refractivity contribution in [3.05, 3.63) is 52.1 Å². The van der Waals surface area contributed by atoms with E-state index < -0.39 is 0 Å². The number of nitrogens with one attached hydrogen (secondary N) is 2. The van der Waals surface area contributed by atoms with Crippen LogP contribution in [0.15, 0.2) is 24.3 Å². The van der Waals surface area contributed by atoms with E-state index in [1.807, 2.05) is 33.8 Å². The van der Waals surface area contributed by atoms with Gasteiger partial charge in [-0.2, -0.15) is 0 Å². The molecular formula is C31H43BrN4O6. The molecule has 0 fully saturated rings. The van der Waals surface area contributed by atoms with Crippen LogP contribution in [0.25, 0.3) is 0 Å². The van der Waals surface area contributed by atoms with E-state index in [9.17, 15) is 14.4 Å². The Morgan fingerprint density at radius 2 is 1.76 bits per heavy atom. The maximum atomic E-state index is 13.6. The summed E-state index contributed by atoms with van der Waals surface area (Å²) in [7, 11) is 6.55. The van der Waals surface area contributed by atoms with Crippen molar-refractivity contribution in [3.8, 4) is 17.2 Å². The summed E-state index contributed by atoms with van der Waals surface area (Å²) >= 11 is 0. The Bertz CT molecular complexity index is 1340. The molecule has 1 aliphatic heterocycles. The van der Waals surface area contributed by atoms with Crippen molar-refractivity contribution in [2.45, 2.75) is 52.5 Å². The average Bonchev–Trinajstić information content (AvgIpc) is 3.22. The molecular weight excluding hydrogens is 604 g/mol. The SMILES string of the molecule is Br.CCOc1cc2c(cc1C(=O)NC)C(=N)N(CC(=O)c1cc(OCCCC(=O)N(C)C)c(OC)c(C(C)(C)C)c1)C2. The van der Waals surface area contributed by atoms with Crippen molar-refractivity contribution in [1.29, 1.82) is 5.41 Å². The number of amides is 2. The largest absolute Gasteiger partial charge is 0.493 e. The predicted molar refractivity (Wildman–Crippen MR) is 168 cm³/mol. The Kier molecular flexibility index (Phi) is 12.0. The number of halogens is 1. The van der Waals surface area contributed by atoms with E-state index in [0.29, 0.717) is 66.5 Å². The number of methoxy groups -OCH3 is 1. The molecule has 2 amide bonds. The number of rotatable bonds is 12. The van der Waals surface area contributed by atoms with E-state index in [1.165, 1.54) is 0 Å². The van der Waals surface area contributed by atoms with Gasteiger partial charge in [0.25, 0.3) is 5.91 Å².